The molecule has 0 aliphatic rings. The topological polar surface area (TPSA) is 34.9 Å². The molecule has 0 saturated heterocycles. The van der Waals surface area contributed by atoms with Crippen LogP contribution in [0.4, 0.5) is 3.89 Å². The summed E-state index contributed by atoms with van der Waals surface area (Å²) in [6, 6.07) is 19.7. The molecule has 4 rings (SSSR count). The predicted molar refractivity (Wildman–Crippen MR) is 149 cm³/mol. The number of imidazole rings is 1. The summed E-state index contributed by atoms with van der Waals surface area (Å²) in [5.74, 6) is 0.828. The van der Waals surface area contributed by atoms with Crippen molar-refractivity contribution >= 4 is 17.9 Å². The number of aromatic nitrogens is 2. The second kappa shape index (κ2) is 10.8. The molecule has 0 fully saturated rings. The molecule has 1 heterocycles. The zero-order chi connectivity index (χ0) is 25.9. The average Bonchev–Trinajstić information content (AvgIpc) is 3.35. The van der Waals surface area contributed by atoms with Crippen LogP contribution in [0, 0.1) is 20.8 Å². The number of hydrogen-bond acceptors (Lipinski definition) is 3. The Kier molecular flexibility index (Phi) is 7.79. The van der Waals surface area contributed by atoms with Gasteiger partial charge in [0.25, 0.3) is 0 Å². The zero-order valence-electron chi connectivity index (χ0n) is 21.6. The maximum absolute atomic E-state index is 14.7. The number of benzene rings is 3. The molecule has 36 heavy (non-hydrogen) atoms. The highest BCUT2D eigenvalue weighted by Crippen LogP contribution is 2.47. The molecule has 5 heteroatoms. The van der Waals surface area contributed by atoms with Crippen molar-refractivity contribution in [3.8, 4) is 17.1 Å². The summed E-state index contributed by atoms with van der Waals surface area (Å²) >= 11 is 0.394. The van der Waals surface area contributed by atoms with E-state index in [2.05, 4.69) is 37.5 Å². The fraction of sp³-hybridized carbons (Fsp3) is 0.290. The number of Topliss-reactive ketones (excluding diaryl/α,β-unsaturated/α-hetero) is 1. The van der Waals surface area contributed by atoms with Crippen molar-refractivity contribution in [2.45, 2.75) is 58.6 Å². The van der Waals surface area contributed by atoms with Crippen molar-refractivity contribution in [1.82, 2.24) is 9.55 Å². The van der Waals surface area contributed by atoms with E-state index in [0.29, 0.717) is 30.6 Å². The quantitative estimate of drug-likeness (QED) is 0.216. The number of aryl methyl sites for hydroxylation is 3. The summed E-state index contributed by atoms with van der Waals surface area (Å²) in [6.45, 7) is 10.3. The van der Waals surface area contributed by atoms with Crippen molar-refractivity contribution in [2.24, 2.45) is 0 Å². The van der Waals surface area contributed by atoms with Crippen LogP contribution in [0.1, 0.15) is 64.9 Å². The summed E-state index contributed by atoms with van der Waals surface area (Å²) in [4.78, 5) is 17.7. The second-order valence-electron chi connectivity index (χ2n) is 9.49. The Labute approximate surface area is 218 Å². The molecule has 0 N–H and O–H groups in total. The van der Waals surface area contributed by atoms with Gasteiger partial charge < -0.3 is 0 Å². The van der Waals surface area contributed by atoms with Gasteiger partial charge in [-0.25, -0.2) is 4.98 Å². The van der Waals surface area contributed by atoms with Crippen LogP contribution in [0.5, 0.6) is 0 Å². The van der Waals surface area contributed by atoms with Crippen molar-refractivity contribution in [3.05, 3.63) is 106 Å². The Morgan fingerprint density at radius 2 is 1.64 bits per heavy atom. The molecule has 0 atom stereocenters. The summed E-state index contributed by atoms with van der Waals surface area (Å²) < 4.78 is 16.1. The lowest BCUT2D eigenvalue weighted by Gasteiger charge is -2.30. The summed E-state index contributed by atoms with van der Waals surface area (Å²) in [5, 5.41) is 0. The largest absolute Gasteiger partial charge is 0.299 e. The fourth-order valence-corrected chi connectivity index (χ4v) is 5.67. The van der Waals surface area contributed by atoms with E-state index < -0.39 is 4.75 Å². The third kappa shape index (κ3) is 4.90. The molecule has 0 bridgehead atoms. The summed E-state index contributed by atoms with van der Waals surface area (Å²) in [6.07, 6.45) is 5.28. The molecule has 3 aromatic carbocycles. The number of carbonyl (C=O) groups excluding carboxylic acids is 1. The fourth-order valence-electron chi connectivity index (χ4n) is 5.20. The van der Waals surface area contributed by atoms with E-state index >= 15 is 0 Å². The van der Waals surface area contributed by atoms with Crippen LogP contribution in [0.25, 0.3) is 17.1 Å². The highest BCUT2D eigenvalue weighted by atomic mass is 32.2. The van der Waals surface area contributed by atoms with E-state index in [-0.39, 0.29) is 12.2 Å². The summed E-state index contributed by atoms with van der Waals surface area (Å²) in [5.41, 5.74) is 7.97. The Bertz CT molecular complexity index is 1340. The van der Waals surface area contributed by atoms with Gasteiger partial charge in [0.15, 0.2) is 5.78 Å². The minimum absolute atomic E-state index is 0.0493. The lowest BCUT2D eigenvalue weighted by atomic mass is 9.86. The van der Waals surface area contributed by atoms with Crippen LogP contribution in [-0.4, -0.2) is 15.3 Å². The highest BCUT2D eigenvalue weighted by molar-refractivity contribution is 7.95. The Balaban J connectivity index is 1.87. The standard InChI is InChI=1S/C31H33FN2OS/c1-6-31(7-2,36-32)27-19-24(20-28(35)25-11-9-8-10-12-25)13-14-26(27)30-33-15-16-34(30)29-22(4)17-21(3)18-23(29)5/h8-19H,6-7,20H2,1-5H3. The van der Waals surface area contributed by atoms with E-state index in [0.717, 1.165) is 39.3 Å². The third-order valence-corrected chi connectivity index (χ3v) is 8.18. The molecular weight excluding hydrogens is 467 g/mol. The number of ketones is 1. The minimum Gasteiger partial charge on any atom is -0.299 e. The Hall–Kier alpha value is -3.18. The van der Waals surface area contributed by atoms with Gasteiger partial charge in [-0.05, 0) is 55.9 Å². The number of rotatable bonds is 9. The number of halogens is 1. The smallest absolute Gasteiger partial charge is 0.167 e. The van der Waals surface area contributed by atoms with Crippen molar-refractivity contribution < 1.29 is 8.68 Å². The molecule has 4 aromatic rings. The number of carbonyl (C=O) groups is 1. The molecule has 186 valence electrons. The van der Waals surface area contributed by atoms with Gasteiger partial charge in [-0.15, -0.1) is 0 Å². The molecule has 0 aliphatic heterocycles. The SMILES string of the molecule is CCC(CC)(SF)c1cc(CC(=O)c2ccccc2)ccc1-c1nccn1-c1c(C)cc(C)cc1C. The lowest BCUT2D eigenvalue weighted by Crippen LogP contribution is -2.21. The average molecular weight is 501 g/mol. The van der Waals surface area contributed by atoms with E-state index in [1.807, 2.05) is 68.6 Å². The van der Waals surface area contributed by atoms with Crippen molar-refractivity contribution in [2.75, 3.05) is 0 Å². The minimum atomic E-state index is -0.727. The van der Waals surface area contributed by atoms with Crippen LogP contribution < -0.4 is 0 Å². The molecule has 0 aliphatic carbocycles. The third-order valence-electron chi connectivity index (χ3n) is 7.08. The maximum atomic E-state index is 14.7. The van der Waals surface area contributed by atoms with Crippen LogP contribution in [0.3, 0.4) is 0 Å². The predicted octanol–water partition coefficient (Wildman–Crippen LogP) is 8.52. The molecule has 1 aromatic heterocycles. The highest BCUT2D eigenvalue weighted by Gasteiger charge is 2.34. The normalized spacial score (nSPS) is 11.6. The van der Waals surface area contributed by atoms with E-state index in [1.165, 1.54) is 5.56 Å². The second-order valence-corrected chi connectivity index (χ2v) is 10.4. The number of hydrogen-bond donors (Lipinski definition) is 0. The van der Waals surface area contributed by atoms with Crippen LogP contribution in [0.15, 0.2) is 73.1 Å². The van der Waals surface area contributed by atoms with E-state index in [4.69, 9.17) is 4.98 Å². The van der Waals surface area contributed by atoms with Gasteiger partial charge in [0, 0.05) is 29.9 Å². The Morgan fingerprint density at radius 3 is 2.25 bits per heavy atom. The van der Waals surface area contributed by atoms with Crippen molar-refractivity contribution in [3.63, 3.8) is 0 Å². The summed E-state index contributed by atoms with van der Waals surface area (Å²) in [7, 11) is 0. The number of nitrogens with zero attached hydrogens (tertiary/aromatic N) is 2. The first-order valence-electron chi connectivity index (χ1n) is 12.5. The molecule has 0 saturated carbocycles. The lowest BCUT2D eigenvalue weighted by molar-refractivity contribution is 0.0993. The Morgan fingerprint density at radius 1 is 0.972 bits per heavy atom. The van der Waals surface area contributed by atoms with Gasteiger partial charge in [-0.3, -0.25) is 9.36 Å². The monoisotopic (exact) mass is 500 g/mol. The van der Waals surface area contributed by atoms with Gasteiger partial charge in [-0.1, -0.05) is 80.1 Å². The van der Waals surface area contributed by atoms with Gasteiger partial charge in [-0.2, -0.15) is 3.89 Å². The molecule has 3 nitrogen and oxygen atoms in total. The molecule has 0 radical (unpaired) electrons. The first-order chi connectivity index (χ1) is 17.3. The van der Waals surface area contributed by atoms with Crippen LogP contribution in [-0.2, 0) is 11.2 Å². The van der Waals surface area contributed by atoms with Crippen LogP contribution in [0.2, 0.25) is 0 Å². The van der Waals surface area contributed by atoms with Crippen LogP contribution >= 0.6 is 12.1 Å². The molecule has 0 unspecified atom stereocenters. The van der Waals surface area contributed by atoms with Gasteiger partial charge in [0.1, 0.15) is 5.82 Å². The van der Waals surface area contributed by atoms with Gasteiger partial charge in [0.05, 0.1) is 22.6 Å². The van der Waals surface area contributed by atoms with Gasteiger partial charge >= 0.3 is 0 Å². The van der Waals surface area contributed by atoms with Crippen molar-refractivity contribution in [1.29, 1.82) is 0 Å². The first kappa shape index (κ1) is 25.9. The maximum Gasteiger partial charge on any atom is 0.167 e. The van der Waals surface area contributed by atoms with Gasteiger partial charge in [0.2, 0.25) is 0 Å². The first-order valence-corrected chi connectivity index (χ1v) is 13.2. The molecule has 0 spiro atoms. The van der Waals surface area contributed by atoms with E-state index in [1.54, 1.807) is 6.20 Å². The van der Waals surface area contributed by atoms with E-state index in [9.17, 15) is 8.68 Å². The molecule has 0 amide bonds. The molecular formula is C31H33FN2OS. The zero-order valence-corrected chi connectivity index (χ0v) is 22.5.